The number of carbonyl (C=O) groups is 1. The van der Waals surface area contributed by atoms with Gasteiger partial charge in [-0.25, -0.2) is 0 Å². The van der Waals surface area contributed by atoms with Crippen molar-refractivity contribution in [3.8, 4) is 17.2 Å². The number of nitrogens with zero attached hydrogens (tertiary/aromatic N) is 5. The number of H-pyrrole nitrogens is 1. The van der Waals surface area contributed by atoms with Crippen molar-refractivity contribution < 1.29 is 4.79 Å². The number of nitriles is 1. The van der Waals surface area contributed by atoms with Crippen LogP contribution >= 0.6 is 0 Å². The van der Waals surface area contributed by atoms with Crippen molar-refractivity contribution in [2.24, 2.45) is 5.92 Å². The van der Waals surface area contributed by atoms with Crippen LogP contribution < -0.4 is 5.32 Å². The van der Waals surface area contributed by atoms with E-state index in [0.29, 0.717) is 30.2 Å². The second-order valence-corrected chi connectivity index (χ2v) is 6.61. The molecular weight excluding hydrogens is 330 g/mol. The van der Waals surface area contributed by atoms with Gasteiger partial charge in [0.15, 0.2) is 11.5 Å². The van der Waals surface area contributed by atoms with Crippen LogP contribution in [0.3, 0.4) is 0 Å². The highest BCUT2D eigenvalue weighted by Crippen LogP contribution is 2.38. The van der Waals surface area contributed by atoms with Gasteiger partial charge in [0, 0.05) is 28.9 Å². The number of hydrogen-bond acceptors (Lipinski definition) is 5. The highest BCUT2D eigenvalue weighted by atomic mass is 16.1. The van der Waals surface area contributed by atoms with Gasteiger partial charge in [-0.3, -0.25) is 9.48 Å². The predicted molar refractivity (Wildman–Crippen MR) is 96.0 cm³/mol. The molecule has 1 amide bonds. The van der Waals surface area contributed by atoms with Gasteiger partial charge in [0.05, 0.1) is 24.7 Å². The fourth-order valence-corrected chi connectivity index (χ4v) is 3.93. The number of aromatic amines is 1. The van der Waals surface area contributed by atoms with Crippen LogP contribution in [0, 0.1) is 17.2 Å². The molecule has 2 N–H and O–H groups in total. The van der Waals surface area contributed by atoms with E-state index >= 15 is 0 Å². The highest BCUT2D eigenvalue weighted by Gasteiger charge is 2.27. The highest BCUT2D eigenvalue weighted by molar-refractivity contribution is 5.99. The smallest absolute Gasteiger partial charge is 0.212 e. The minimum Gasteiger partial charge on any atom is -0.345 e. The fraction of sp³-hybridized carbons (Fsp3) is 0.389. The van der Waals surface area contributed by atoms with Crippen LogP contribution in [-0.2, 0) is 4.79 Å². The van der Waals surface area contributed by atoms with Gasteiger partial charge >= 0.3 is 0 Å². The van der Waals surface area contributed by atoms with Gasteiger partial charge in [0.25, 0.3) is 0 Å². The van der Waals surface area contributed by atoms with Crippen LogP contribution in [0.4, 0.5) is 5.82 Å². The molecule has 1 aliphatic carbocycles. The van der Waals surface area contributed by atoms with Crippen molar-refractivity contribution in [2.75, 3.05) is 5.32 Å². The summed E-state index contributed by atoms with van der Waals surface area (Å²) in [4.78, 5) is 14.0. The molecule has 8 nitrogen and oxygen atoms in total. The van der Waals surface area contributed by atoms with Crippen LogP contribution in [0.5, 0.6) is 0 Å². The van der Waals surface area contributed by atoms with Crippen LogP contribution in [0.1, 0.15) is 38.1 Å². The van der Waals surface area contributed by atoms with Crippen molar-refractivity contribution >= 4 is 23.3 Å². The lowest BCUT2D eigenvalue weighted by Crippen LogP contribution is -2.17. The lowest BCUT2D eigenvalue weighted by molar-refractivity contribution is -0.105. The molecule has 4 rings (SSSR count). The third-order valence-electron chi connectivity index (χ3n) is 5.15. The van der Waals surface area contributed by atoms with Gasteiger partial charge < -0.3 is 10.3 Å². The van der Waals surface area contributed by atoms with Gasteiger partial charge in [-0.05, 0) is 24.8 Å². The molecule has 0 aromatic carbocycles. The Morgan fingerprint density at radius 1 is 1.42 bits per heavy atom. The van der Waals surface area contributed by atoms with Crippen LogP contribution in [0.2, 0.25) is 0 Å². The second kappa shape index (κ2) is 6.96. The van der Waals surface area contributed by atoms with E-state index in [1.54, 1.807) is 12.4 Å². The van der Waals surface area contributed by atoms with Gasteiger partial charge in [0.2, 0.25) is 6.41 Å². The predicted octanol–water partition coefficient (Wildman–Crippen LogP) is 3.03. The second-order valence-electron chi connectivity index (χ2n) is 6.61. The third kappa shape index (κ3) is 2.81. The molecule has 0 unspecified atom stereocenters. The van der Waals surface area contributed by atoms with E-state index in [-0.39, 0.29) is 6.04 Å². The normalized spacial score (nSPS) is 15.8. The van der Waals surface area contributed by atoms with E-state index in [2.05, 4.69) is 31.7 Å². The quantitative estimate of drug-likeness (QED) is 0.664. The number of nitrogens with one attached hydrogen (secondary N) is 2. The van der Waals surface area contributed by atoms with Crippen molar-refractivity contribution in [3.05, 3.63) is 24.7 Å². The average molecular weight is 349 g/mol. The molecular formula is C18H19N7O. The molecule has 26 heavy (non-hydrogen) atoms. The Morgan fingerprint density at radius 3 is 3.04 bits per heavy atom. The first-order valence-electron chi connectivity index (χ1n) is 8.77. The maximum atomic E-state index is 11.0. The zero-order chi connectivity index (χ0) is 17.9. The molecule has 0 radical (unpaired) electrons. The monoisotopic (exact) mass is 349 g/mol. The number of fused-ring (bicyclic) bond motifs is 1. The largest absolute Gasteiger partial charge is 0.345 e. The Balaban J connectivity index is 1.77. The fourth-order valence-electron chi connectivity index (χ4n) is 3.93. The molecule has 0 saturated heterocycles. The number of rotatable bonds is 6. The summed E-state index contributed by atoms with van der Waals surface area (Å²) in [5.41, 5.74) is 2.26. The first kappa shape index (κ1) is 16.3. The zero-order valence-corrected chi connectivity index (χ0v) is 14.2. The molecule has 132 valence electrons. The summed E-state index contributed by atoms with van der Waals surface area (Å²) in [7, 11) is 0. The summed E-state index contributed by atoms with van der Waals surface area (Å²) >= 11 is 0. The van der Waals surface area contributed by atoms with Gasteiger partial charge in [-0.15, -0.1) is 10.2 Å². The number of carbonyl (C=O) groups excluding carboxylic acids is 1. The molecule has 0 aliphatic heterocycles. The van der Waals surface area contributed by atoms with E-state index in [0.717, 1.165) is 29.4 Å². The molecule has 3 aromatic heterocycles. The van der Waals surface area contributed by atoms with Crippen molar-refractivity contribution in [2.45, 2.75) is 38.1 Å². The number of amides is 1. The Labute approximate surface area is 150 Å². The van der Waals surface area contributed by atoms with Gasteiger partial charge in [0.1, 0.15) is 0 Å². The molecule has 0 bridgehead atoms. The number of aromatic nitrogens is 5. The minimum atomic E-state index is 0.0789. The minimum absolute atomic E-state index is 0.0789. The maximum absolute atomic E-state index is 11.0. The number of anilines is 1. The molecule has 1 fully saturated rings. The first-order valence-corrected chi connectivity index (χ1v) is 8.77. The Morgan fingerprint density at radius 2 is 2.27 bits per heavy atom. The summed E-state index contributed by atoms with van der Waals surface area (Å²) in [5.74, 6) is 0.877. The average Bonchev–Trinajstić information content (AvgIpc) is 3.40. The van der Waals surface area contributed by atoms with E-state index in [4.69, 9.17) is 0 Å². The molecule has 1 atom stereocenters. The zero-order valence-electron chi connectivity index (χ0n) is 14.2. The number of hydrogen-bond donors (Lipinski definition) is 2. The third-order valence-corrected chi connectivity index (χ3v) is 5.15. The lowest BCUT2D eigenvalue weighted by Gasteiger charge is -2.21. The van der Waals surface area contributed by atoms with Gasteiger partial charge in [-0.2, -0.15) is 10.4 Å². The van der Waals surface area contributed by atoms with Crippen molar-refractivity contribution in [1.82, 2.24) is 25.0 Å². The van der Waals surface area contributed by atoms with Gasteiger partial charge in [-0.1, -0.05) is 12.8 Å². The summed E-state index contributed by atoms with van der Waals surface area (Å²) < 4.78 is 1.90. The van der Waals surface area contributed by atoms with Crippen LogP contribution in [0.15, 0.2) is 24.7 Å². The summed E-state index contributed by atoms with van der Waals surface area (Å²) in [6, 6.07) is 4.28. The van der Waals surface area contributed by atoms with E-state index in [9.17, 15) is 10.1 Å². The Bertz CT molecular complexity index is 961. The van der Waals surface area contributed by atoms with Crippen LogP contribution in [0.25, 0.3) is 22.2 Å². The maximum Gasteiger partial charge on any atom is 0.212 e. The molecule has 1 aliphatic rings. The summed E-state index contributed by atoms with van der Waals surface area (Å²) in [6.07, 6.45) is 11.2. The SMILES string of the molecule is N#CC[C@@H](C1CCCC1)n1cc(-c2c(NC=O)nnc3[nH]ccc23)cn1. The van der Waals surface area contributed by atoms with Crippen molar-refractivity contribution in [3.63, 3.8) is 0 Å². The molecule has 0 spiro atoms. The van der Waals surface area contributed by atoms with E-state index < -0.39 is 0 Å². The molecule has 1 saturated carbocycles. The molecule has 3 aromatic rings. The summed E-state index contributed by atoms with van der Waals surface area (Å²) in [5, 5.41) is 25.5. The van der Waals surface area contributed by atoms with E-state index in [1.807, 2.05) is 16.9 Å². The summed E-state index contributed by atoms with van der Waals surface area (Å²) in [6.45, 7) is 0. The first-order chi connectivity index (χ1) is 12.8. The van der Waals surface area contributed by atoms with E-state index in [1.165, 1.54) is 12.8 Å². The lowest BCUT2D eigenvalue weighted by atomic mass is 9.96. The van der Waals surface area contributed by atoms with Crippen LogP contribution in [-0.4, -0.2) is 31.4 Å². The van der Waals surface area contributed by atoms with Crippen molar-refractivity contribution in [1.29, 1.82) is 5.26 Å². The molecule has 8 heteroatoms. The Kier molecular flexibility index (Phi) is 4.35. The Hall–Kier alpha value is -3.21. The topological polar surface area (TPSA) is 112 Å². The standard InChI is InChI=1S/C18H19N7O/c19-7-5-15(12-3-1-2-4-12)25-10-13(9-22-25)16-14-6-8-20-17(14)23-24-18(16)21-11-26/h6,8-12,15H,1-5H2,(H,20,23)(H,21,24,26)/t15-/m0/s1. The molecule has 3 heterocycles.